The molecule has 0 saturated carbocycles. The van der Waals surface area contributed by atoms with Gasteiger partial charge in [0.15, 0.2) is 5.69 Å². The predicted molar refractivity (Wildman–Crippen MR) is 69.8 cm³/mol. The third-order valence-corrected chi connectivity index (χ3v) is 2.96. The van der Waals surface area contributed by atoms with Crippen molar-refractivity contribution >= 4 is 5.97 Å². The van der Waals surface area contributed by atoms with Crippen molar-refractivity contribution < 1.29 is 9.90 Å². The molecule has 0 atom stereocenters. The molecule has 1 aromatic carbocycles. The first-order valence-corrected chi connectivity index (χ1v) is 5.91. The maximum Gasteiger partial charge on any atom is 0.356 e. The van der Waals surface area contributed by atoms with Crippen molar-refractivity contribution in [2.75, 3.05) is 0 Å². The summed E-state index contributed by atoms with van der Waals surface area (Å²) in [4.78, 5) is 11.0. The van der Waals surface area contributed by atoms with E-state index in [-0.39, 0.29) is 5.69 Å². The molecule has 0 unspecified atom stereocenters. The molecule has 0 aliphatic heterocycles. The third kappa shape index (κ3) is 2.14. The van der Waals surface area contributed by atoms with Crippen molar-refractivity contribution in [2.24, 2.45) is 0 Å². The van der Waals surface area contributed by atoms with E-state index in [9.17, 15) is 4.79 Å². The van der Waals surface area contributed by atoms with Crippen molar-refractivity contribution in [3.63, 3.8) is 0 Å². The van der Waals surface area contributed by atoms with Crippen LogP contribution < -0.4 is 0 Å². The third-order valence-electron chi connectivity index (χ3n) is 2.96. The van der Waals surface area contributed by atoms with Gasteiger partial charge in [0, 0.05) is 12.1 Å². The van der Waals surface area contributed by atoms with Gasteiger partial charge in [0.1, 0.15) is 0 Å². The first-order valence-electron chi connectivity index (χ1n) is 5.91. The molecule has 0 aliphatic rings. The summed E-state index contributed by atoms with van der Waals surface area (Å²) in [5.74, 6) is -0.992. The molecule has 0 saturated heterocycles. The Hall–Kier alpha value is -2.10. The molecule has 94 valence electrons. The smallest absolute Gasteiger partial charge is 0.356 e. The van der Waals surface area contributed by atoms with Gasteiger partial charge in [-0.15, -0.1) is 0 Å². The molecule has 0 aliphatic carbocycles. The zero-order chi connectivity index (χ0) is 13.3. The summed E-state index contributed by atoms with van der Waals surface area (Å²) in [5, 5.41) is 13.1. The minimum absolute atomic E-state index is 0.0897. The molecule has 4 heteroatoms. The fourth-order valence-electron chi connectivity index (χ4n) is 2.08. The summed E-state index contributed by atoms with van der Waals surface area (Å²) in [5.41, 5.74) is 4.29. The fourth-order valence-corrected chi connectivity index (χ4v) is 2.08. The van der Waals surface area contributed by atoms with E-state index in [0.717, 1.165) is 16.8 Å². The standard InChI is InChI=1S/C14H16N2O2/c1-4-16-13(8-12(15-16)14(17)18)11-6-5-9(2)7-10(11)3/h5-8H,4H2,1-3H3,(H,17,18). The Kier molecular flexibility index (Phi) is 3.19. The van der Waals surface area contributed by atoms with Crippen molar-refractivity contribution in [1.82, 2.24) is 9.78 Å². The van der Waals surface area contributed by atoms with Gasteiger partial charge in [-0.25, -0.2) is 4.79 Å². The Morgan fingerprint density at radius 2 is 2.06 bits per heavy atom. The molecule has 0 radical (unpaired) electrons. The molecule has 18 heavy (non-hydrogen) atoms. The van der Waals surface area contributed by atoms with Gasteiger partial charge in [-0.2, -0.15) is 5.10 Å². The summed E-state index contributed by atoms with van der Waals surface area (Å²) in [6.45, 7) is 6.66. The maximum atomic E-state index is 11.0. The van der Waals surface area contributed by atoms with Gasteiger partial charge in [-0.1, -0.05) is 23.8 Å². The lowest BCUT2D eigenvalue weighted by Gasteiger charge is -2.08. The number of hydrogen-bond acceptors (Lipinski definition) is 2. The lowest BCUT2D eigenvalue weighted by Crippen LogP contribution is -2.02. The lowest BCUT2D eigenvalue weighted by molar-refractivity contribution is 0.0689. The topological polar surface area (TPSA) is 55.1 Å². The summed E-state index contributed by atoms with van der Waals surface area (Å²) >= 11 is 0. The molecule has 4 nitrogen and oxygen atoms in total. The molecule has 1 aromatic heterocycles. The largest absolute Gasteiger partial charge is 0.476 e. The van der Waals surface area contributed by atoms with Gasteiger partial charge >= 0.3 is 5.97 Å². The zero-order valence-corrected chi connectivity index (χ0v) is 10.8. The van der Waals surface area contributed by atoms with E-state index < -0.39 is 5.97 Å². The fraction of sp³-hybridized carbons (Fsp3) is 0.286. The molecular weight excluding hydrogens is 228 g/mol. The second kappa shape index (κ2) is 4.64. The SMILES string of the molecule is CCn1nc(C(=O)O)cc1-c1ccc(C)cc1C. The van der Waals surface area contributed by atoms with Crippen molar-refractivity contribution in [3.05, 3.63) is 41.1 Å². The number of carboxylic acids is 1. The van der Waals surface area contributed by atoms with Crippen LogP contribution in [0.25, 0.3) is 11.3 Å². The molecule has 1 heterocycles. The summed E-state index contributed by atoms with van der Waals surface area (Å²) < 4.78 is 1.72. The first-order chi connectivity index (χ1) is 8.52. The Labute approximate surface area is 106 Å². The molecule has 2 rings (SSSR count). The van der Waals surface area contributed by atoms with Gasteiger partial charge in [0.05, 0.1) is 5.69 Å². The molecule has 0 bridgehead atoms. The highest BCUT2D eigenvalue weighted by Gasteiger charge is 2.14. The van der Waals surface area contributed by atoms with Crippen LogP contribution in [0.15, 0.2) is 24.3 Å². The van der Waals surface area contributed by atoms with Gasteiger partial charge < -0.3 is 5.11 Å². The molecular formula is C14H16N2O2. The number of aromatic nitrogens is 2. The van der Waals surface area contributed by atoms with Gasteiger partial charge in [0.2, 0.25) is 0 Å². The van der Waals surface area contributed by atoms with E-state index in [0.29, 0.717) is 6.54 Å². The Morgan fingerprint density at radius 3 is 2.61 bits per heavy atom. The highest BCUT2D eigenvalue weighted by molar-refractivity contribution is 5.87. The summed E-state index contributed by atoms with van der Waals surface area (Å²) in [6, 6.07) is 7.75. The van der Waals surface area contributed by atoms with Crippen LogP contribution >= 0.6 is 0 Å². The van der Waals surface area contributed by atoms with Crippen LogP contribution in [0.4, 0.5) is 0 Å². The molecule has 0 amide bonds. The monoisotopic (exact) mass is 244 g/mol. The average molecular weight is 244 g/mol. The maximum absolute atomic E-state index is 11.0. The molecule has 0 spiro atoms. The van der Waals surface area contributed by atoms with Crippen LogP contribution in [0.1, 0.15) is 28.5 Å². The highest BCUT2D eigenvalue weighted by Crippen LogP contribution is 2.25. The predicted octanol–water partition coefficient (Wildman–Crippen LogP) is 2.89. The second-order valence-electron chi connectivity index (χ2n) is 4.35. The van der Waals surface area contributed by atoms with Crippen LogP contribution in [0.2, 0.25) is 0 Å². The molecule has 1 N–H and O–H groups in total. The quantitative estimate of drug-likeness (QED) is 0.903. The number of aromatic carboxylic acids is 1. The normalized spacial score (nSPS) is 10.6. The Balaban J connectivity index is 2.58. The number of benzene rings is 1. The molecule has 0 fully saturated rings. The molecule has 2 aromatic rings. The zero-order valence-electron chi connectivity index (χ0n) is 10.8. The van der Waals surface area contributed by atoms with Gasteiger partial charge in [-0.05, 0) is 32.4 Å². The Morgan fingerprint density at radius 1 is 1.33 bits per heavy atom. The van der Waals surface area contributed by atoms with Gasteiger partial charge in [0.25, 0.3) is 0 Å². The lowest BCUT2D eigenvalue weighted by atomic mass is 10.0. The van der Waals surface area contributed by atoms with Crippen LogP contribution in [0.5, 0.6) is 0 Å². The number of carboxylic acid groups (broad SMARTS) is 1. The van der Waals surface area contributed by atoms with Gasteiger partial charge in [-0.3, -0.25) is 4.68 Å². The summed E-state index contributed by atoms with van der Waals surface area (Å²) in [7, 11) is 0. The van der Waals surface area contributed by atoms with Crippen LogP contribution in [0, 0.1) is 13.8 Å². The van der Waals surface area contributed by atoms with Crippen molar-refractivity contribution in [1.29, 1.82) is 0 Å². The van der Waals surface area contributed by atoms with E-state index in [1.54, 1.807) is 10.7 Å². The van der Waals surface area contributed by atoms with Crippen LogP contribution in [-0.4, -0.2) is 20.9 Å². The Bertz CT molecular complexity index is 600. The summed E-state index contributed by atoms with van der Waals surface area (Å²) in [6.07, 6.45) is 0. The highest BCUT2D eigenvalue weighted by atomic mass is 16.4. The number of hydrogen-bond donors (Lipinski definition) is 1. The number of carbonyl (C=O) groups is 1. The minimum Gasteiger partial charge on any atom is -0.476 e. The van der Waals surface area contributed by atoms with E-state index >= 15 is 0 Å². The van der Waals surface area contributed by atoms with E-state index in [2.05, 4.69) is 11.2 Å². The van der Waals surface area contributed by atoms with E-state index in [1.165, 1.54) is 5.56 Å². The second-order valence-corrected chi connectivity index (χ2v) is 4.35. The van der Waals surface area contributed by atoms with Crippen molar-refractivity contribution in [2.45, 2.75) is 27.3 Å². The number of aryl methyl sites for hydroxylation is 3. The number of nitrogens with zero attached hydrogens (tertiary/aromatic N) is 2. The minimum atomic E-state index is -0.992. The van der Waals surface area contributed by atoms with E-state index in [1.807, 2.05) is 32.9 Å². The number of rotatable bonds is 3. The average Bonchev–Trinajstić information content (AvgIpc) is 2.73. The van der Waals surface area contributed by atoms with Crippen LogP contribution in [0.3, 0.4) is 0 Å². The van der Waals surface area contributed by atoms with Crippen LogP contribution in [-0.2, 0) is 6.54 Å². The van der Waals surface area contributed by atoms with E-state index in [4.69, 9.17) is 5.11 Å². The van der Waals surface area contributed by atoms with Crippen molar-refractivity contribution in [3.8, 4) is 11.3 Å². The first kappa shape index (κ1) is 12.4.